The van der Waals surface area contributed by atoms with Gasteiger partial charge >= 0.3 is 6.18 Å². The first-order chi connectivity index (χ1) is 8.49. The largest absolute Gasteiger partial charge is 0.493 e. The first-order valence-corrected chi connectivity index (χ1v) is 5.45. The Hall–Kier alpha value is -1.74. The van der Waals surface area contributed by atoms with Crippen LogP contribution in [0.2, 0.25) is 0 Å². The molecule has 1 aromatic rings. The highest BCUT2D eigenvalue weighted by molar-refractivity contribution is 5.41. The molecule has 1 aliphatic heterocycles. The van der Waals surface area contributed by atoms with Crippen LogP contribution in [0.1, 0.15) is 17.2 Å². The maximum absolute atomic E-state index is 12.1. The Balaban J connectivity index is 2.11. The molecule has 1 atom stereocenters. The van der Waals surface area contributed by atoms with E-state index in [0.717, 1.165) is 17.7 Å². The van der Waals surface area contributed by atoms with E-state index in [4.69, 9.17) is 10.00 Å². The van der Waals surface area contributed by atoms with Gasteiger partial charge in [-0.25, -0.2) is 0 Å². The number of fused-ring (bicyclic) bond motifs is 1. The van der Waals surface area contributed by atoms with Crippen LogP contribution in [-0.4, -0.2) is 19.3 Å². The highest BCUT2D eigenvalue weighted by Crippen LogP contribution is 2.28. The number of benzene rings is 1. The summed E-state index contributed by atoms with van der Waals surface area (Å²) in [5, 5.41) is 11.1. The highest BCUT2D eigenvalue weighted by atomic mass is 19.4. The molecule has 0 bridgehead atoms. The van der Waals surface area contributed by atoms with Gasteiger partial charge in [-0.1, -0.05) is 6.07 Å². The molecule has 0 spiro atoms. The molecule has 18 heavy (non-hydrogen) atoms. The summed E-state index contributed by atoms with van der Waals surface area (Å²) < 4.78 is 41.6. The number of halogens is 3. The molecule has 0 aromatic heterocycles. The van der Waals surface area contributed by atoms with Gasteiger partial charge in [0.05, 0.1) is 19.2 Å². The van der Waals surface area contributed by atoms with E-state index in [1.807, 2.05) is 6.07 Å². The minimum absolute atomic E-state index is 0.533. The molecule has 0 saturated carbocycles. The second kappa shape index (κ2) is 4.86. The third-order valence-electron chi connectivity index (χ3n) is 2.68. The molecule has 0 saturated heterocycles. The van der Waals surface area contributed by atoms with Crippen LogP contribution in [0, 0.1) is 11.3 Å². The van der Waals surface area contributed by atoms with Gasteiger partial charge < -0.3 is 4.74 Å². The zero-order valence-corrected chi connectivity index (χ0v) is 9.42. The van der Waals surface area contributed by atoms with Crippen molar-refractivity contribution in [2.75, 3.05) is 13.2 Å². The lowest BCUT2D eigenvalue weighted by molar-refractivity contribution is -0.125. The normalized spacial score (nSPS) is 15.7. The highest BCUT2D eigenvalue weighted by Gasteiger charge is 2.28. The van der Waals surface area contributed by atoms with Crippen molar-refractivity contribution in [1.29, 1.82) is 5.26 Å². The van der Waals surface area contributed by atoms with Crippen molar-refractivity contribution in [3.8, 4) is 11.8 Å². The fourth-order valence-corrected chi connectivity index (χ4v) is 1.84. The Morgan fingerprint density at radius 1 is 1.44 bits per heavy atom. The fraction of sp³-hybridized carbons (Fsp3) is 0.417. The third kappa shape index (κ3) is 2.93. The minimum atomic E-state index is -4.32. The predicted octanol–water partition coefficient (Wildman–Crippen LogP) is 2.34. The van der Waals surface area contributed by atoms with Gasteiger partial charge in [0, 0.05) is 6.42 Å². The Labute approximate surface area is 102 Å². The van der Waals surface area contributed by atoms with Gasteiger partial charge in [-0.15, -0.1) is 0 Å². The molecule has 3 nitrogen and oxygen atoms in total. The summed E-state index contributed by atoms with van der Waals surface area (Å²) in [6.07, 6.45) is -3.60. The molecular weight excluding hydrogens is 245 g/mol. The number of hydrogen-bond acceptors (Lipinski definition) is 3. The van der Waals surface area contributed by atoms with Gasteiger partial charge in [0.2, 0.25) is 0 Å². The zero-order valence-electron chi connectivity index (χ0n) is 9.42. The third-order valence-corrected chi connectivity index (χ3v) is 2.68. The maximum atomic E-state index is 12.1. The van der Waals surface area contributed by atoms with Crippen LogP contribution < -0.4 is 10.1 Å². The lowest BCUT2D eigenvalue weighted by Gasteiger charge is -2.14. The van der Waals surface area contributed by atoms with Crippen molar-refractivity contribution in [3.05, 3.63) is 29.3 Å². The van der Waals surface area contributed by atoms with Gasteiger partial charge in [0.1, 0.15) is 11.8 Å². The molecule has 96 valence electrons. The van der Waals surface area contributed by atoms with Crippen molar-refractivity contribution in [2.24, 2.45) is 0 Å². The van der Waals surface area contributed by atoms with Gasteiger partial charge in [0.15, 0.2) is 0 Å². The first-order valence-electron chi connectivity index (χ1n) is 5.45. The number of hydrogen-bond donors (Lipinski definition) is 1. The number of alkyl halides is 3. The second-order valence-electron chi connectivity index (χ2n) is 4.02. The Morgan fingerprint density at radius 3 is 2.89 bits per heavy atom. The number of rotatable bonds is 3. The van der Waals surface area contributed by atoms with E-state index in [1.54, 1.807) is 18.2 Å². The molecule has 0 aliphatic carbocycles. The maximum Gasteiger partial charge on any atom is 0.401 e. The molecular formula is C12H11F3N2O. The molecule has 1 aromatic carbocycles. The van der Waals surface area contributed by atoms with Crippen LogP contribution >= 0.6 is 0 Å². The van der Waals surface area contributed by atoms with E-state index in [1.165, 1.54) is 0 Å². The van der Waals surface area contributed by atoms with Crippen LogP contribution in [0.5, 0.6) is 5.75 Å². The molecule has 2 rings (SSSR count). The molecule has 1 heterocycles. The summed E-state index contributed by atoms with van der Waals surface area (Å²) in [7, 11) is 0. The molecule has 6 heteroatoms. The van der Waals surface area contributed by atoms with Gasteiger partial charge in [-0.3, -0.25) is 5.32 Å². The van der Waals surface area contributed by atoms with Crippen molar-refractivity contribution in [1.82, 2.24) is 5.32 Å². The van der Waals surface area contributed by atoms with Gasteiger partial charge in [0.25, 0.3) is 0 Å². The molecule has 0 amide bonds. The molecule has 1 aliphatic rings. The molecule has 0 radical (unpaired) electrons. The minimum Gasteiger partial charge on any atom is -0.493 e. The van der Waals surface area contributed by atoms with Crippen LogP contribution in [-0.2, 0) is 6.42 Å². The standard InChI is InChI=1S/C12H11F3N2O/c13-12(14,15)7-17-10(6-16)8-1-2-11-9(5-8)3-4-18-11/h1-2,5,10,17H,3-4,7H2. The van der Waals surface area contributed by atoms with Crippen molar-refractivity contribution in [3.63, 3.8) is 0 Å². The fourth-order valence-electron chi connectivity index (χ4n) is 1.84. The average Bonchev–Trinajstić information content (AvgIpc) is 2.75. The Kier molecular flexibility index (Phi) is 3.43. The first kappa shape index (κ1) is 12.7. The van der Waals surface area contributed by atoms with E-state index < -0.39 is 18.8 Å². The smallest absolute Gasteiger partial charge is 0.401 e. The number of nitrogens with one attached hydrogen (secondary N) is 1. The number of nitriles is 1. The van der Waals surface area contributed by atoms with Crippen LogP contribution in [0.25, 0.3) is 0 Å². The van der Waals surface area contributed by atoms with E-state index in [-0.39, 0.29) is 0 Å². The number of ether oxygens (including phenoxy) is 1. The van der Waals surface area contributed by atoms with Crippen molar-refractivity contribution < 1.29 is 17.9 Å². The molecule has 1 N–H and O–H groups in total. The predicted molar refractivity (Wildman–Crippen MR) is 58.1 cm³/mol. The van der Waals surface area contributed by atoms with E-state index in [9.17, 15) is 13.2 Å². The SMILES string of the molecule is N#CC(NCC(F)(F)F)c1ccc2c(c1)CCO2. The summed E-state index contributed by atoms with van der Waals surface area (Å²) in [6.45, 7) is -0.606. The monoisotopic (exact) mass is 256 g/mol. The topological polar surface area (TPSA) is 45.0 Å². The van der Waals surface area contributed by atoms with E-state index in [2.05, 4.69) is 5.32 Å². The average molecular weight is 256 g/mol. The Morgan fingerprint density at radius 2 is 2.22 bits per heavy atom. The molecule has 0 fully saturated rings. The van der Waals surface area contributed by atoms with Crippen LogP contribution in [0.4, 0.5) is 13.2 Å². The summed E-state index contributed by atoms with van der Waals surface area (Å²) >= 11 is 0. The zero-order chi connectivity index (χ0) is 13.2. The van der Waals surface area contributed by atoms with Gasteiger partial charge in [-0.2, -0.15) is 18.4 Å². The van der Waals surface area contributed by atoms with E-state index >= 15 is 0 Å². The van der Waals surface area contributed by atoms with Crippen molar-refractivity contribution in [2.45, 2.75) is 18.6 Å². The second-order valence-corrected chi connectivity index (χ2v) is 4.02. The van der Waals surface area contributed by atoms with Crippen LogP contribution in [0.15, 0.2) is 18.2 Å². The lowest BCUT2D eigenvalue weighted by Crippen LogP contribution is -2.31. The summed E-state index contributed by atoms with van der Waals surface area (Å²) in [6, 6.07) is 5.90. The Bertz CT molecular complexity index is 479. The summed E-state index contributed by atoms with van der Waals surface area (Å²) in [5.41, 5.74) is 1.47. The van der Waals surface area contributed by atoms with Crippen LogP contribution in [0.3, 0.4) is 0 Å². The van der Waals surface area contributed by atoms with Gasteiger partial charge in [-0.05, 0) is 23.3 Å². The number of nitrogens with zero attached hydrogens (tertiary/aromatic N) is 1. The summed E-state index contributed by atoms with van der Waals surface area (Å²) in [5.74, 6) is 0.742. The molecule has 1 unspecified atom stereocenters. The lowest BCUT2D eigenvalue weighted by atomic mass is 10.0. The van der Waals surface area contributed by atoms with E-state index in [0.29, 0.717) is 12.2 Å². The summed E-state index contributed by atoms with van der Waals surface area (Å²) in [4.78, 5) is 0. The van der Waals surface area contributed by atoms with Crippen molar-refractivity contribution >= 4 is 0 Å². The quantitative estimate of drug-likeness (QED) is 0.902.